The first kappa shape index (κ1) is 20.5. The molecule has 0 bridgehead atoms. The first-order valence-electron chi connectivity index (χ1n) is 9.46. The molecule has 1 fully saturated rings. The topological polar surface area (TPSA) is 138 Å². The van der Waals surface area contributed by atoms with Gasteiger partial charge >= 0.3 is 0 Å². The number of sulfonamides is 1. The molecule has 0 spiro atoms. The number of rotatable bonds is 5. The van der Waals surface area contributed by atoms with Crippen LogP contribution in [-0.4, -0.2) is 48.6 Å². The van der Waals surface area contributed by atoms with Crippen LogP contribution in [0.2, 0.25) is 0 Å². The number of likely N-dealkylation sites (tertiary alicyclic amines) is 1. The Morgan fingerprint density at radius 2 is 2.06 bits per heavy atom. The van der Waals surface area contributed by atoms with Crippen molar-refractivity contribution in [3.63, 3.8) is 0 Å². The largest absolute Gasteiger partial charge is 0.362 e. The van der Waals surface area contributed by atoms with E-state index in [9.17, 15) is 23.3 Å². The van der Waals surface area contributed by atoms with Gasteiger partial charge in [-0.05, 0) is 30.7 Å². The van der Waals surface area contributed by atoms with Gasteiger partial charge in [-0.25, -0.2) is 0 Å². The number of fused-ring (bicyclic) bond motifs is 1. The molecule has 0 radical (unpaired) electrons. The number of nitrogens with zero attached hydrogens (tertiary/aromatic N) is 3. The van der Waals surface area contributed by atoms with E-state index in [0.717, 1.165) is 13.0 Å². The van der Waals surface area contributed by atoms with E-state index in [4.69, 9.17) is 0 Å². The van der Waals surface area contributed by atoms with Crippen LogP contribution in [0.25, 0.3) is 10.9 Å². The molecular weight excluding hydrogens is 422 g/mol. The van der Waals surface area contributed by atoms with E-state index >= 15 is 0 Å². The molecule has 0 saturated carbocycles. The summed E-state index contributed by atoms with van der Waals surface area (Å²) in [6.07, 6.45) is 2.90. The van der Waals surface area contributed by atoms with Crippen LogP contribution in [0.5, 0.6) is 0 Å². The second-order valence-corrected chi connectivity index (χ2v) is 8.78. The fourth-order valence-electron chi connectivity index (χ4n) is 3.44. The predicted molar refractivity (Wildman–Crippen MR) is 116 cm³/mol. The van der Waals surface area contributed by atoms with Crippen molar-refractivity contribution in [2.75, 3.05) is 18.9 Å². The average molecular weight is 441 g/mol. The molecule has 1 aromatic heterocycles. The molecule has 2 heterocycles. The lowest BCUT2D eigenvalue weighted by atomic mass is 10.1. The number of carbonyl (C=O) groups excluding carboxylic acids is 1. The van der Waals surface area contributed by atoms with Gasteiger partial charge in [-0.2, -0.15) is 8.42 Å². The number of benzene rings is 2. The fourth-order valence-corrected chi connectivity index (χ4v) is 4.58. The van der Waals surface area contributed by atoms with Crippen LogP contribution in [0.15, 0.2) is 58.0 Å². The highest BCUT2D eigenvalue weighted by atomic mass is 32.2. The number of nitro benzene ring substituents is 1. The van der Waals surface area contributed by atoms with Crippen LogP contribution in [-0.2, 0) is 10.0 Å². The van der Waals surface area contributed by atoms with Crippen LogP contribution < -0.4 is 5.32 Å². The summed E-state index contributed by atoms with van der Waals surface area (Å²) in [6, 6.07) is 10.0. The summed E-state index contributed by atoms with van der Waals surface area (Å²) in [5.41, 5.74) is 0.916. The minimum Gasteiger partial charge on any atom is -0.362 e. The molecule has 2 aromatic carbocycles. The Balaban J connectivity index is 1.61. The lowest BCUT2D eigenvalue weighted by molar-refractivity contribution is -0.384. The SMILES string of the molecule is CN1CCC/C1=N\S(=O)(=O)c1cccc(NC(=O)c2c[nH]c3ccc([N+](=O)[O-])cc23)c1. The van der Waals surface area contributed by atoms with E-state index in [0.29, 0.717) is 23.2 Å². The Morgan fingerprint density at radius 1 is 1.26 bits per heavy atom. The smallest absolute Gasteiger partial charge is 0.284 e. The van der Waals surface area contributed by atoms with Crippen molar-refractivity contribution in [1.29, 1.82) is 0 Å². The highest BCUT2D eigenvalue weighted by Crippen LogP contribution is 2.25. The van der Waals surface area contributed by atoms with Crippen LogP contribution >= 0.6 is 0 Å². The molecule has 2 N–H and O–H groups in total. The van der Waals surface area contributed by atoms with Crippen molar-refractivity contribution in [3.05, 3.63) is 64.3 Å². The van der Waals surface area contributed by atoms with Gasteiger partial charge in [0.1, 0.15) is 5.84 Å². The van der Waals surface area contributed by atoms with E-state index in [1.54, 1.807) is 18.0 Å². The first-order valence-corrected chi connectivity index (χ1v) is 10.9. The van der Waals surface area contributed by atoms with Gasteiger partial charge < -0.3 is 15.2 Å². The normalized spacial score (nSPS) is 15.5. The molecule has 4 rings (SSSR count). The van der Waals surface area contributed by atoms with E-state index in [1.165, 1.54) is 42.6 Å². The number of carbonyl (C=O) groups is 1. The van der Waals surface area contributed by atoms with E-state index in [2.05, 4.69) is 14.7 Å². The predicted octanol–water partition coefficient (Wildman–Crippen LogP) is 3.14. The Hall–Kier alpha value is -3.73. The molecule has 1 aliphatic heterocycles. The Kier molecular flexibility index (Phi) is 5.19. The highest BCUT2D eigenvalue weighted by molar-refractivity contribution is 7.90. The van der Waals surface area contributed by atoms with Crippen molar-refractivity contribution in [2.24, 2.45) is 4.40 Å². The Morgan fingerprint density at radius 3 is 2.77 bits per heavy atom. The van der Waals surface area contributed by atoms with Crippen molar-refractivity contribution >= 4 is 44.0 Å². The van der Waals surface area contributed by atoms with Crippen LogP contribution in [0.1, 0.15) is 23.2 Å². The number of anilines is 1. The molecule has 3 aromatic rings. The lowest BCUT2D eigenvalue weighted by Gasteiger charge is -2.11. The molecule has 1 saturated heterocycles. The zero-order valence-corrected chi connectivity index (χ0v) is 17.3. The summed E-state index contributed by atoms with van der Waals surface area (Å²) in [6.45, 7) is 0.757. The number of nitro groups is 1. The van der Waals surface area contributed by atoms with Crippen LogP contribution in [0.3, 0.4) is 0 Å². The molecule has 11 heteroatoms. The summed E-state index contributed by atoms with van der Waals surface area (Å²) in [7, 11) is -2.13. The first-order chi connectivity index (χ1) is 14.7. The molecule has 1 amide bonds. The molecule has 160 valence electrons. The molecule has 31 heavy (non-hydrogen) atoms. The van der Waals surface area contributed by atoms with Crippen molar-refractivity contribution in [1.82, 2.24) is 9.88 Å². The van der Waals surface area contributed by atoms with Gasteiger partial charge in [0.15, 0.2) is 0 Å². The van der Waals surface area contributed by atoms with E-state index < -0.39 is 20.9 Å². The van der Waals surface area contributed by atoms with E-state index in [1.807, 2.05) is 0 Å². The number of aromatic amines is 1. The van der Waals surface area contributed by atoms with Gasteiger partial charge in [0, 0.05) is 54.9 Å². The second kappa shape index (κ2) is 7.84. The van der Waals surface area contributed by atoms with Crippen molar-refractivity contribution in [2.45, 2.75) is 17.7 Å². The molecule has 0 aliphatic carbocycles. The quantitative estimate of drug-likeness (QED) is 0.461. The summed E-state index contributed by atoms with van der Waals surface area (Å²) >= 11 is 0. The molecular formula is C20H19N5O5S. The number of aromatic nitrogens is 1. The highest BCUT2D eigenvalue weighted by Gasteiger charge is 2.21. The lowest BCUT2D eigenvalue weighted by Crippen LogP contribution is -2.20. The van der Waals surface area contributed by atoms with Crippen molar-refractivity contribution < 1.29 is 18.1 Å². The molecule has 0 atom stereocenters. The third-order valence-corrected chi connectivity index (χ3v) is 6.37. The van der Waals surface area contributed by atoms with E-state index in [-0.39, 0.29) is 21.8 Å². The van der Waals surface area contributed by atoms with Gasteiger partial charge in [0.25, 0.3) is 21.6 Å². The monoisotopic (exact) mass is 441 g/mol. The number of amidine groups is 1. The molecule has 0 unspecified atom stereocenters. The maximum atomic E-state index is 12.8. The summed E-state index contributed by atoms with van der Waals surface area (Å²) in [5.74, 6) is -0.0158. The van der Waals surface area contributed by atoms with Gasteiger partial charge in [-0.15, -0.1) is 4.40 Å². The van der Waals surface area contributed by atoms with Gasteiger partial charge in [0.2, 0.25) is 0 Å². The number of amides is 1. The fraction of sp³-hybridized carbons (Fsp3) is 0.200. The number of non-ortho nitro benzene ring substituents is 1. The summed E-state index contributed by atoms with van der Waals surface area (Å²) in [5, 5.41) is 14.1. The van der Waals surface area contributed by atoms with Gasteiger partial charge in [0.05, 0.1) is 15.4 Å². The van der Waals surface area contributed by atoms with Gasteiger partial charge in [-0.1, -0.05) is 6.07 Å². The van der Waals surface area contributed by atoms with Crippen molar-refractivity contribution in [3.8, 4) is 0 Å². The standard InChI is InChI=1S/C20H19N5O5S/c1-24-9-3-6-19(24)23-31(29,30)15-5-2-4-13(10-15)22-20(26)17-12-21-18-8-7-14(25(27)28)11-16(17)18/h2,4-5,7-8,10-12,21H,3,6,9H2,1H3,(H,22,26)/b23-19+. The third kappa shape index (κ3) is 4.12. The zero-order chi connectivity index (χ0) is 22.2. The number of nitrogens with one attached hydrogen (secondary N) is 2. The molecule has 10 nitrogen and oxygen atoms in total. The maximum absolute atomic E-state index is 12.8. The average Bonchev–Trinajstić information content (AvgIpc) is 3.33. The van der Waals surface area contributed by atoms with Crippen LogP contribution in [0.4, 0.5) is 11.4 Å². The second-order valence-electron chi connectivity index (χ2n) is 7.18. The Labute approximate surface area is 177 Å². The summed E-state index contributed by atoms with van der Waals surface area (Å²) in [4.78, 5) is 27.9. The maximum Gasteiger partial charge on any atom is 0.284 e. The number of H-pyrrole nitrogens is 1. The minimum atomic E-state index is -3.92. The zero-order valence-electron chi connectivity index (χ0n) is 16.5. The summed E-state index contributed by atoms with van der Waals surface area (Å²) < 4.78 is 29.3. The van der Waals surface area contributed by atoms with Crippen LogP contribution in [0, 0.1) is 10.1 Å². The van der Waals surface area contributed by atoms with Gasteiger partial charge in [-0.3, -0.25) is 14.9 Å². The third-order valence-electron chi connectivity index (χ3n) is 5.07. The minimum absolute atomic E-state index is 0.0346. The Bertz CT molecular complexity index is 1330. The molecule has 1 aliphatic rings. The number of hydrogen-bond acceptors (Lipinski definition) is 5. The number of hydrogen-bond donors (Lipinski definition) is 2.